The van der Waals surface area contributed by atoms with Crippen LogP contribution in [0, 0.1) is 5.41 Å². The number of alkyl halides is 2. The quantitative estimate of drug-likeness (QED) is 0.809. The van der Waals surface area contributed by atoms with Gasteiger partial charge in [0.2, 0.25) is 0 Å². The average Bonchev–Trinajstić information content (AvgIpc) is 2.35. The van der Waals surface area contributed by atoms with Crippen molar-refractivity contribution in [2.75, 3.05) is 19.6 Å². The summed E-state index contributed by atoms with van der Waals surface area (Å²) < 4.78 is 23.9. The predicted octanol–water partition coefficient (Wildman–Crippen LogP) is 1.54. The number of urea groups is 1. The van der Waals surface area contributed by atoms with Crippen molar-refractivity contribution < 1.29 is 23.5 Å². The molecule has 1 heterocycles. The van der Waals surface area contributed by atoms with Gasteiger partial charge in [-0.1, -0.05) is 6.92 Å². The second-order valence-corrected chi connectivity index (χ2v) is 4.50. The molecule has 0 aromatic carbocycles. The number of halogens is 2. The number of aliphatic carboxylic acids is 1. The Morgan fingerprint density at radius 3 is 2.33 bits per heavy atom. The van der Waals surface area contributed by atoms with E-state index in [4.69, 9.17) is 0 Å². The molecule has 5 nitrogen and oxygen atoms in total. The van der Waals surface area contributed by atoms with Crippen LogP contribution in [0.25, 0.3) is 0 Å². The van der Waals surface area contributed by atoms with Crippen molar-refractivity contribution in [2.24, 2.45) is 5.41 Å². The number of carbonyl (C=O) groups is 2. The SMILES string of the molecule is CCC1(C(=O)O)CCN(C(=O)NCC(F)F)CC1. The molecule has 1 aliphatic rings. The van der Waals surface area contributed by atoms with E-state index in [1.807, 2.05) is 0 Å². The van der Waals surface area contributed by atoms with Crippen molar-refractivity contribution in [3.05, 3.63) is 0 Å². The van der Waals surface area contributed by atoms with E-state index in [0.717, 1.165) is 0 Å². The zero-order valence-electron chi connectivity index (χ0n) is 10.3. The van der Waals surface area contributed by atoms with Crippen molar-refractivity contribution in [3.63, 3.8) is 0 Å². The van der Waals surface area contributed by atoms with Gasteiger partial charge in [0, 0.05) is 13.1 Å². The van der Waals surface area contributed by atoms with Crippen LogP contribution >= 0.6 is 0 Å². The molecule has 0 aliphatic carbocycles. The van der Waals surface area contributed by atoms with E-state index in [1.54, 1.807) is 6.92 Å². The fourth-order valence-corrected chi connectivity index (χ4v) is 2.13. The van der Waals surface area contributed by atoms with Crippen LogP contribution in [0.1, 0.15) is 26.2 Å². The zero-order valence-corrected chi connectivity index (χ0v) is 10.3. The number of carboxylic acids is 1. The van der Waals surface area contributed by atoms with Crippen molar-refractivity contribution in [2.45, 2.75) is 32.6 Å². The summed E-state index contributed by atoms with van der Waals surface area (Å²) in [7, 11) is 0. The molecule has 0 unspecified atom stereocenters. The number of piperidine rings is 1. The third-order valence-electron chi connectivity index (χ3n) is 3.55. The second-order valence-electron chi connectivity index (χ2n) is 4.50. The monoisotopic (exact) mass is 264 g/mol. The van der Waals surface area contributed by atoms with Crippen LogP contribution in [0.3, 0.4) is 0 Å². The summed E-state index contributed by atoms with van der Waals surface area (Å²) in [5, 5.41) is 11.3. The first-order valence-corrected chi connectivity index (χ1v) is 5.95. The number of carboxylic acid groups (broad SMARTS) is 1. The zero-order chi connectivity index (χ0) is 13.8. The number of hydrogen-bond donors (Lipinski definition) is 2. The molecule has 0 saturated carbocycles. The highest BCUT2D eigenvalue weighted by atomic mass is 19.3. The van der Waals surface area contributed by atoms with Crippen LogP contribution in [-0.2, 0) is 4.79 Å². The molecule has 0 aromatic heterocycles. The number of likely N-dealkylation sites (tertiary alicyclic amines) is 1. The van der Waals surface area contributed by atoms with E-state index in [-0.39, 0.29) is 13.1 Å². The third kappa shape index (κ3) is 3.30. The van der Waals surface area contributed by atoms with Crippen LogP contribution in [0.5, 0.6) is 0 Å². The highest BCUT2D eigenvalue weighted by Crippen LogP contribution is 2.35. The van der Waals surface area contributed by atoms with Crippen molar-refractivity contribution >= 4 is 12.0 Å². The third-order valence-corrected chi connectivity index (χ3v) is 3.55. The van der Waals surface area contributed by atoms with Crippen LogP contribution < -0.4 is 5.32 Å². The fourth-order valence-electron chi connectivity index (χ4n) is 2.13. The summed E-state index contributed by atoms with van der Waals surface area (Å²) in [6.45, 7) is 1.71. The molecule has 0 bridgehead atoms. The maximum Gasteiger partial charge on any atom is 0.317 e. The molecule has 0 spiro atoms. The van der Waals surface area contributed by atoms with Gasteiger partial charge in [-0.3, -0.25) is 4.79 Å². The number of hydrogen-bond acceptors (Lipinski definition) is 2. The Hall–Kier alpha value is -1.40. The van der Waals surface area contributed by atoms with E-state index >= 15 is 0 Å². The molecule has 2 amide bonds. The van der Waals surface area contributed by atoms with Crippen LogP contribution in [0.2, 0.25) is 0 Å². The molecule has 104 valence electrons. The van der Waals surface area contributed by atoms with E-state index in [0.29, 0.717) is 19.3 Å². The summed E-state index contributed by atoms with van der Waals surface area (Å²) in [6.07, 6.45) is -1.34. The highest BCUT2D eigenvalue weighted by molar-refractivity contribution is 5.77. The lowest BCUT2D eigenvalue weighted by atomic mass is 9.76. The summed E-state index contributed by atoms with van der Waals surface area (Å²) in [4.78, 5) is 24.1. The Morgan fingerprint density at radius 1 is 1.39 bits per heavy atom. The lowest BCUT2D eigenvalue weighted by Gasteiger charge is -2.38. The highest BCUT2D eigenvalue weighted by Gasteiger charge is 2.40. The van der Waals surface area contributed by atoms with Crippen LogP contribution in [0.4, 0.5) is 13.6 Å². The summed E-state index contributed by atoms with van der Waals surface area (Å²) in [6, 6.07) is -0.551. The van der Waals surface area contributed by atoms with Gasteiger partial charge in [-0.05, 0) is 19.3 Å². The lowest BCUT2D eigenvalue weighted by Crippen LogP contribution is -2.50. The molecule has 1 aliphatic heterocycles. The lowest BCUT2D eigenvalue weighted by molar-refractivity contribution is -0.151. The minimum Gasteiger partial charge on any atom is -0.481 e. The molecule has 2 N–H and O–H groups in total. The summed E-state index contributed by atoms with van der Waals surface area (Å²) in [5.41, 5.74) is -0.778. The van der Waals surface area contributed by atoms with Gasteiger partial charge in [0.25, 0.3) is 6.43 Å². The number of rotatable bonds is 4. The first-order chi connectivity index (χ1) is 8.41. The van der Waals surface area contributed by atoms with Gasteiger partial charge >= 0.3 is 12.0 Å². The van der Waals surface area contributed by atoms with E-state index in [9.17, 15) is 23.5 Å². The number of amides is 2. The normalized spacial score (nSPS) is 18.8. The standard InChI is InChI=1S/C11H18F2N2O3/c1-2-11(9(16)17)3-5-15(6-4-11)10(18)14-7-8(12)13/h8H,2-7H2,1H3,(H,14,18)(H,16,17). The smallest absolute Gasteiger partial charge is 0.317 e. The molecule has 1 fully saturated rings. The molecule has 18 heavy (non-hydrogen) atoms. The number of nitrogens with one attached hydrogen (secondary N) is 1. The molecule has 1 rings (SSSR count). The summed E-state index contributed by atoms with van der Waals surface area (Å²) in [5.74, 6) is -0.849. The Bertz CT molecular complexity index is 315. The van der Waals surface area contributed by atoms with Gasteiger partial charge in [-0.15, -0.1) is 0 Å². The van der Waals surface area contributed by atoms with E-state index in [2.05, 4.69) is 5.32 Å². The van der Waals surface area contributed by atoms with E-state index < -0.39 is 30.4 Å². The fraction of sp³-hybridized carbons (Fsp3) is 0.818. The first-order valence-electron chi connectivity index (χ1n) is 5.95. The number of nitrogens with zero attached hydrogens (tertiary/aromatic N) is 1. The van der Waals surface area contributed by atoms with Gasteiger partial charge in [0.1, 0.15) is 0 Å². The minimum atomic E-state index is -2.58. The van der Waals surface area contributed by atoms with Crippen LogP contribution in [-0.4, -0.2) is 48.1 Å². The van der Waals surface area contributed by atoms with Crippen molar-refractivity contribution in [1.29, 1.82) is 0 Å². The Balaban J connectivity index is 2.48. The van der Waals surface area contributed by atoms with Gasteiger partial charge < -0.3 is 15.3 Å². The number of carbonyl (C=O) groups excluding carboxylic acids is 1. The molecule has 0 aromatic rings. The predicted molar refractivity (Wildman–Crippen MR) is 60.6 cm³/mol. The van der Waals surface area contributed by atoms with Crippen molar-refractivity contribution in [1.82, 2.24) is 10.2 Å². The Morgan fingerprint density at radius 2 is 1.94 bits per heavy atom. The topological polar surface area (TPSA) is 69.6 Å². The maximum atomic E-state index is 11.9. The van der Waals surface area contributed by atoms with E-state index in [1.165, 1.54) is 4.90 Å². The second kappa shape index (κ2) is 5.97. The van der Waals surface area contributed by atoms with Gasteiger partial charge in [0.15, 0.2) is 0 Å². The molecule has 7 heteroatoms. The van der Waals surface area contributed by atoms with Gasteiger partial charge in [-0.25, -0.2) is 13.6 Å². The average molecular weight is 264 g/mol. The maximum absolute atomic E-state index is 11.9. The molecular weight excluding hydrogens is 246 g/mol. The first kappa shape index (κ1) is 14.7. The molecule has 1 saturated heterocycles. The largest absolute Gasteiger partial charge is 0.481 e. The Kier molecular flexibility index (Phi) is 4.86. The van der Waals surface area contributed by atoms with Crippen molar-refractivity contribution in [3.8, 4) is 0 Å². The Labute approximate surface area is 104 Å². The van der Waals surface area contributed by atoms with Crippen LogP contribution in [0.15, 0.2) is 0 Å². The molecule has 0 atom stereocenters. The summed E-state index contributed by atoms with van der Waals surface area (Å²) >= 11 is 0. The van der Waals surface area contributed by atoms with Gasteiger partial charge in [-0.2, -0.15) is 0 Å². The molecule has 0 radical (unpaired) electrons. The molecular formula is C11H18F2N2O3. The van der Waals surface area contributed by atoms with Gasteiger partial charge in [0.05, 0.1) is 12.0 Å². The minimum absolute atomic E-state index is 0.287.